The van der Waals surface area contributed by atoms with E-state index >= 15 is 0 Å². The first-order chi connectivity index (χ1) is 16.3. The molecule has 0 aliphatic carbocycles. The monoisotopic (exact) mass is 478 g/mol. The number of amides is 1. The first kappa shape index (κ1) is 22.3. The number of fused-ring (bicyclic) bond motifs is 2. The van der Waals surface area contributed by atoms with Crippen LogP contribution in [0, 0.1) is 0 Å². The molecule has 176 valence electrons. The Morgan fingerprint density at radius 2 is 2.12 bits per heavy atom. The number of rotatable bonds is 5. The van der Waals surface area contributed by atoms with E-state index in [4.69, 9.17) is 14.5 Å². The summed E-state index contributed by atoms with van der Waals surface area (Å²) in [6.45, 7) is 7.30. The van der Waals surface area contributed by atoms with Crippen LogP contribution < -0.4 is 15.0 Å². The van der Waals surface area contributed by atoms with Gasteiger partial charge in [0.1, 0.15) is 17.2 Å². The topological polar surface area (TPSA) is 93.7 Å². The Hall–Kier alpha value is -3.46. The Bertz CT molecular complexity index is 1270. The summed E-state index contributed by atoms with van der Waals surface area (Å²) in [7, 11) is 0. The van der Waals surface area contributed by atoms with E-state index in [1.165, 1.54) is 11.3 Å². The van der Waals surface area contributed by atoms with Crippen molar-refractivity contribution in [2.75, 3.05) is 24.7 Å². The van der Waals surface area contributed by atoms with Crippen LogP contribution in [0.15, 0.2) is 36.4 Å². The van der Waals surface area contributed by atoms with Crippen LogP contribution in [0.4, 0.5) is 10.8 Å². The standard InChI is InChI=1S/C25H26N4O4S/c1-4-32-21(30)13-16-6-5-7-17(26-16)15-8-9-20-19(12-15)29(10-11-33-20)24-27-18-14-25(2,3)28-23(31)22(18)34-24/h5-9,12H,4,10-11,13-14H2,1-3H3,(H,28,31). The minimum atomic E-state index is -0.314. The Labute approximate surface area is 201 Å². The number of thiazole rings is 1. The molecule has 0 saturated carbocycles. The van der Waals surface area contributed by atoms with Gasteiger partial charge in [-0.2, -0.15) is 0 Å². The van der Waals surface area contributed by atoms with Crippen LogP contribution in [0.25, 0.3) is 11.3 Å². The maximum absolute atomic E-state index is 12.6. The summed E-state index contributed by atoms with van der Waals surface area (Å²) < 4.78 is 10.9. The molecule has 0 radical (unpaired) electrons. The maximum Gasteiger partial charge on any atom is 0.311 e. The SMILES string of the molecule is CCOC(=O)Cc1cccc(-c2ccc3c(c2)N(c2nc4c(s2)C(=O)NC(C)(C)C4)CCO3)n1. The number of anilines is 2. The van der Waals surface area contributed by atoms with E-state index in [9.17, 15) is 9.59 Å². The molecule has 5 rings (SSSR count). The number of ether oxygens (including phenoxy) is 2. The lowest BCUT2D eigenvalue weighted by molar-refractivity contribution is -0.142. The van der Waals surface area contributed by atoms with Crippen molar-refractivity contribution in [2.45, 2.75) is 39.2 Å². The molecule has 0 bridgehead atoms. The molecule has 0 unspecified atom stereocenters. The number of hydrogen-bond donors (Lipinski definition) is 1. The predicted octanol–water partition coefficient (Wildman–Crippen LogP) is 3.91. The molecule has 2 aliphatic rings. The van der Waals surface area contributed by atoms with E-state index in [1.54, 1.807) is 6.92 Å². The first-order valence-electron chi connectivity index (χ1n) is 11.3. The summed E-state index contributed by atoms with van der Waals surface area (Å²) in [6.07, 6.45) is 0.823. The molecular weight excluding hydrogens is 452 g/mol. The molecule has 0 fully saturated rings. The summed E-state index contributed by atoms with van der Waals surface area (Å²) in [5.74, 6) is 0.396. The predicted molar refractivity (Wildman–Crippen MR) is 130 cm³/mol. The lowest BCUT2D eigenvalue weighted by Crippen LogP contribution is -2.48. The highest BCUT2D eigenvalue weighted by Crippen LogP contribution is 2.42. The van der Waals surface area contributed by atoms with E-state index in [-0.39, 0.29) is 23.8 Å². The summed E-state index contributed by atoms with van der Waals surface area (Å²) in [6, 6.07) is 11.5. The molecule has 9 heteroatoms. The van der Waals surface area contributed by atoms with E-state index in [0.29, 0.717) is 36.8 Å². The summed E-state index contributed by atoms with van der Waals surface area (Å²) in [5, 5.41) is 3.83. The molecule has 2 aromatic heterocycles. The Kier molecular flexibility index (Phi) is 5.73. The van der Waals surface area contributed by atoms with Crippen LogP contribution in [0.2, 0.25) is 0 Å². The van der Waals surface area contributed by atoms with Gasteiger partial charge in [0.2, 0.25) is 0 Å². The number of pyridine rings is 1. The summed E-state index contributed by atoms with van der Waals surface area (Å²) in [4.78, 5) is 36.8. The van der Waals surface area contributed by atoms with E-state index < -0.39 is 0 Å². The van der Waals surface area contributed by atoms with Crippen LogP contribution in [-0.2, 0) is 22.4 Å². The molecule has 8 nitrogen and oxygen atoms in total. The van der Waals surface area contributed by atoms with Gasteiger partial charge in [-0.05, 0) is 51.1 Å². The zero-order valence-electron chi connectivity index (χ0n) is 19.4. The highest BCUT2D eigenvalue weighted by atomic mass is 32.1. The van der Waals surface area contributed by atoms with Crippen molar-refractivity contribution in [2.24, 2.45) is 0 Å². The number of esters is 1. The smallest absolute Gasteiger partial charge is 0.311 e. The van der Waals surface area contributed by atoms with Gasteiger partial charge in [-0.15, -0.1) is 0 Å². The maximum atomic E-state index is 12.6. The zero-order chi connectivity index (χ0) is 23.9. The molecule has 0 saturated heterocycles. The molecule has 3 aromatic rings. The molecule has 2 aliphatic heterocycles. The lowest BCUT2D eigenvalue weighted by Gasteiger charge is -2.29. The minimum Gasteiger partial charge on any atom is -0.490 e. The summed E-state index contributed by atoms with van der Waals surface area (Å²) in [5.41, 5.74) is 3.72. The molecular formula is C25H26N4O4S. The van der Waals surface area contributed by atoms with Crippen molar-refractivity contribution in [1.29, 1.82) is 0 Å². The van der Waals surface area contributed by atoms with Crippen molar-refractivity contribution in [1.82, 2.24) is 15.3 Å². The Morgan fingerprint density at radius 3 is 2.94 bits per heavy atom. The van der Waals surface area contributed by atoms with Crippen LogP contribution >= 0.6 is 11.3 Å². The van der Waals surface area contributed by atoms with Crippen molar-refractivity contribution in [3.05, 3.63) is 52.7 Å². The third kappa shape index (κ3) is 4.35. The normalized spacial score (nSPS) is 16.2. The largest absolute Gasteiger partial charge is 0.490 e. The van der Waals surface area contributed by atoms with Gasteiger partial charge >= 0.3 is 5.97 Å². The Morgan fingerprint density at radius 1 is 1.26 bits per heavy atom. The van der Waals surface area contributed by atoms with Gasteiger partial charge in [0.05, 0.1) is 42.3 Å². The van der Waals surface area contributed by atoms with Gasteiger partial charge in [-0.3, -0.25) is 14.6 Å². The van der Waals surface area contributed by atoms with Gasteiger partial charge in [0.25, 0.3) is 5.91 Å². The van der Waals surface area contributed by atoms with Crippen molar-refractivity contribution in [3.63, 3.8) is 0 Å². The van der Waals surface area contributed by atoms with Crippen LogP contribution in [0.5, 0.6) is 5.75 Å². The lowest BCUT2D eigenvalue weighted by atomic mass is 9.94. The second kappa shape index (κ2) is 8.72. The molecule has 0 spiro atoms. The minimum absolute atomic E-state index is 0.0696. The number of hydrogen-bond acceptors (Lipinski definition) is 8. The van der Waals surface area contributed by atoms with E-state index in [2.05, 4.69) is 15.2 Å². The number of nitrogens with zero attached hydrogens (tertiary/aromatic N) is 3. The third-order valence-corrected chi connectivity index (χ3v) is 6.86. The van der Waals surface area contributed by atoms with Crippen LogP contribution in [0.3, 0.4) is 0 Å². The Balaban J connectivity index is 1.47. The summed E-state index contributed by atoms with van der Waals surface area (Å²) >= 11 is 1.41. The van der Waals surface area contributed by atoms with Crippen molar-refractivity contribution in [3.8, 4) is 17.0 Å². The van der Waals surface area contributed by atoms with Gasteiger partial charge in [-0.25, -0.2) is 4.98 Å². The average Bonchev–Trinajstić information content (AvgIpc) is 3.21. The third-order valence-electron chi connectivity index (χ3n) is 5.74. The van der Waals surface area contributed by atoms with Gasteiger partial charge in [0, 0.05) is 17.5 Å². The second-order valence-electron chi connectivity index (χ2n) is 8.97. The first-order valence-corrected chi connectivity index (χ1v) is 12.1. The number of benzene rings is 1. The van der Waals surface area contributed by atoms with Crippen LogP contribution in [-0.4, -0.2) is 47.1 Å². The van der Waals surface area contributed by atoms with E-state index in [0.717, 1.165) is 33.5 Å². The molecule has 4 heterocycles. The zero-order valence-corrected chi connectivity index (χ0v) is 20.2. The second-order valence-corrected chi connectivity index (χ2v) is 9.94. The van der Waals surface area contributed by atoms with Crippen molar-refractivity contribution < 1.29 is 19.1 Å². The number of aromatic nitrogens is 2. The van der Waals surface area contributed by atoms with Gasteiger partial charge < -0.3 is 19.7 Å². The molecule has 1 N–H and O–H groups in total. The van der Waals surface area contributed by atoms with Crippen LogP contribution in [0.1, 0.15) is 41.8 Å². The van der Waals surface area contributed by atoms with Crippen molar-refractivity contribution >= 4 is 34.0 Å². The average molecular weight is 479 g/mol. The fraction of sp³-hybridized carbons (Fsp3) is 0.360. The fourth-order valence-corrected chi connectivity index (χ4v) is 5.27. The molecule has 34 heavy (non-hydrogen) atoms. The highest BCUT2D eigenvalue weighted by molar-refractivity contribution is 7.17. The van der Waals surface area contributed by atoms with E-state index in [1.807, 2.05) is 50.2 Å². The van der Waals surface area contributed by atoms with Gasteiger partial charge in [-0.1, -0.05) is 17.4 Å². The highest BCUT2D eigenvalue weighted by Gasteiger charge is 2.34. The quantitative estimate of drug-likeness (QED) is 0.556. The number of carbonyl (C=O) groups excluding carboxylic acids is 2. The number of carbonyl (C=O) groups is 2. The number of nitrogens with one attached hydrogen (secondary N) is 1. The molecule has 1 aromatic carbocycles. The fourth-order valence-electron chi connectivity index (χ4n) is 4.25. The molecule has 1 amide bonds. The molecule has 0 atom stereocenters. The van der Waals surface area contributed by atoms with Gasteiger partial charge in [0.15, 0.2) is 5.13 Å².